The Balaban J connectivity index is 1.41. The van der Waals surface area contributed by atoms with E-state index in [0.717, 1.165) is 17.5 Å². The van der Waals surface area contributed by atoms with Crippen molar-refractivity contribution in [3.05, 3.63) is 86.9 Å². The van der Waals surface area contributed by atoms with Gasteiger partial charge >= 0.3 is 0 Å². The number of aromatic nitrogens is 5. The number of H-pyrrole nitrogens is 1. The Morgan fingerprint density at radius 3 is 2.68 bits per heavy atom. The van der Waals surface area contributed by atoms with E-state index in [2.05, 4.69) is 20.3 Å². The van der Waals surface area contributed by atoms with E-state index in [9.17, 15) is 13.2 Å². The van der Waals surface area contributed by atoms with Gasteiger partial charge in [0.25, 0.3) is 5.56 Å². The molecular weight excluding hydrogens is 476 g/mol. The number of hydrogen-bond donors (Lipinski definition) is 1. The summed E-state index contributed by atoms with van der Waals surface area (Å²) in [5.41, 5.74) is 1.77. The second kappa shape index (κ2) is 9.28. The summed E-state index contributed by atoms with van der Waals surface area (Å²) >= 11 is 6.09. The summed E-state index contributed by atoms with van der Waals surface area (Å²) in [6.07, 6.45) is 1.40. The minimum Gasteiger partial charge on any atom is -0.308 e. The number of fused-ring (bicyclic) bond motifs is 1. The fourth-order valence-electron chi connectivity index (χ4n) is 4.29. The van der Waals surface area contributed by atoms with E-state index in [0.29, 0.717) is 36.0 Å². The van der Waals surface area contributed by atoms with Crippen LogP contribution in [-0.4, -0.2) is 50.8 Å². The molecular formula is C23H23ClN6O3S. The molecule has 1 N–H and O–H groups in total. The maximum Gasteiger partial charge on any atom is 0.281 e. The second-order valence-corrected chi connectivity index (χ2v) is 10.8. The molecule has 0 bridgehead atoms. The van der Waals surface area contributed by atoms with Gasteiger partial charge < -0.3 is 4.98 Å². The number of aromatic amines is 1. The number of benzene rings is 2. The van der Waals surface area contributed by atoms with Gasteiger partial charge in [0.05, 0.1) is 12.3 Å². The number of nitrogens with zero attached hydrogens (tertiary/aromatic N) is 5. The maximum absolute atomic E-state index is 13.1. The quantitative estimate of drug-likeness (QED) is 0.437. The fraction of sp³-hybridized carbons (Fsp3) is 0.304. The Labute approximate surface area is 201 Å². The Morgan fingerprint density at radius 2 is 1.88 bits per heavy atom. The summed E-state index contributed by atoms with van der Waals surface area (Å²) in [6, 6.07) is 16.5. The number of rotatable bonds is 6. The molecule has 0 aliphatic carbocycles. The minimum atomic E-state index is -3.50. The summed E-state index contributed by atoms with van der Waals surface area (Å²) in [5.74, 6) is 0.164. The smallest absolute Gasteiger partial charge is 0.281 e. The lowest BCUT2D eigenvalue weighted by Crippen LogP contribution is -2.40. The molecule has 0 spiro atoms. The van der Waals surface area contributed by atoms with Gasteiger partial charge in [-0.25, -0.2) is 22.4 Å². The van der Waals surface area contributed by atoms with Crippen LogP contribution in [0, 0.1) is 0 Å². The Morgan fingerprint density at radius 1 is 1.09 bits per heavy atom. The van der Waals surface area contributed by atoms with E-state index in [1.807, 2.05) is 36.4 Å². The average Bonchev–Trinajstić information content (AvgIpc) is 3.23. The third-order valence-corrected chi connectivity index (χ3v) is 8.02. The van der Waals surface area contributed by atoms with Crippen LogP contribution < -0.4 is 5.56 Å². The number of sulfonamides is 1. The Bertz CT molecular complexity index is 1490. The molecule has 0 unspecified atom stereocenters. The van der Waals surface area contributed by atoms with Crippen LogP contribution in [0.4, 0.5) is 0 Å². The first-order chi connectivity index (χ1) is 16.4. The lowest BCUT2D eigenvalue weighted by Gasteiger charge is -2.31. The van der Waals surface area contributed by atoms with E-state index in [4.69, 9.17) is 11.6 Å². The summed E-state index contributed by atoms with van der Waals surface area (Å²) in [6.45, 7) is 1.07. The predicted octanol–water partition coefficient (Wildman–Crippen LogP) is 2.93. The lowest BCUT2D eigenvalue weighted by molar-refractivity contribution is 0.309. The standard InChI is InChI=1S/C23H23ClN6O3S/c24-19-10-4-8-17(12-19)13-30-22-20(27-28-30)23(31)26-21(25-22)18-9-5-11-29(14-18)34(32,33)15-16-6-2-1-3-7-16/h1-4,6-8,10,12,18H,5,9,11,13-15H2,(H,25,26,31)/t18-/m0/s1. The van der Waals surface area contributed by atoms with Crippen LogP contribution in [0.2, 0.25) is 5.02 Å². The summed E-state index contributed by atoms with van der Waals surface area (Å²) < 4.78 is 29.2. The Kier molecular flexibility index (Phi) is 6.20. The predicted molar refractivity (Wildman–Crippen MR) is 129 cm³/mol. The molecule has 5 rings (SSSR count). The molecule has 1 saturated heterocycles. The van der Waals surface area contributed by atoms with Crippen molar-refractivity contribution in [2.75, 3.05) is 13.1 Å². The van der Waals surface area contributed by atoms with Gasteiger partial charge in [0.15, 0.2) is 11.2 Å². The van der Waals surface area contributed by atoms with Crippen molar-refractivity contribution in [1.29, 1.82) is 0 Å². The zero-order valence-electron chi connectivity index (χ0n) is 18.3. The number of hydrogen-bond acceptors (Lipinski definition) is 6. The molecule has 4 aromatic rings. The van der Waals surface area contributed by atoms with Crippen LogP contribution in [0.25, 0.3) is 11.2 Å². The van der Waals surface area contributed by atoms with Gasteiger partial charge in [0.2, 0.25) is 10.0 Å². The molecule has 34 heavy (non-hydrogen) atoms. The van der Waals surface area contributed by atoms with Crippen LogP contribution in [0.3, 0.4) is 0 Å². The summed E-state index contributed by atoms with van der Waals surface area (Å²) in [5, 5.41) is 8.70. The molecule has 3 heterocycles. The second-order valence-electron chi connectivity index (χ2n) is 8.44. The highest BCUT2D eigenvalue weighted by Crippen LogP contribution is 2.27. The zero-order valence-corrected chi connectivity index (χ0v) is 19.8. The van der Waals surface area contributed by atoms with Gasteiger partial charge in [-0.1, -0.05) is 59.3 Å². The van der Waals surface area contributed by atoms with Crippen LogP contribution >= 0.6 is 11.6 Å². The first kappa shape index (κ1) is 22.7. The number of nitrogens with one attached hydrogen (secondary N) is 1. The molecule has 1 fully saturated rings. The normalized spacial score (nSPS) is 17.3. The average molecular weight is 499 g/mol. The van der Waals surface area contributed by atoms with Crippen LogP contribution in [-0.2, 0) is 22.3 Å². The van der Waals surface area contributed by atoms with E-state index in [1.54, 1.807) is 22.9 Å². The van der Waals surface area contributed by atoms with Crippen molar-refractivity contribution in [3.8, 4) is 0 Å². The first-order valence-corrected chi connectivity index (χ1v) is 13.0. The number of halogens is 1. The molecule has 9 nitrogen and oxygen atoms in total. The lowest BCUT2D eigenvalue weighted by atomic mass is 9.99. The van der Waals surface area contributed by atoms with Gasteiger partial charge in [0, 0.05) is 24.0 Å². The minimum absolute atomic E-state index is 0.0557. The van der Waals surface area contributed by atoms with Gasteiger partial charge in [0.1, 0.15) is 5.82 Å². The first-order valence-electron chi connectivity index (χ1n) is 11.0. The SMILES string of the molecule is O=c1[nH]c([C@H]2CCCN(S(=O)(=O)Cc3ccccc3)C2)nc2c1nnn2Cc1cccc(Cl)c1. The van der Waals surface area contributed by atoms with Crippen molar-refractivity contribution in [2.24, 2.45) is 0 Å². The van der Waals surface area contributed by atoms with Crippen LogP contribution in [0.15, 0.2) is 59.4 Å². The fourth-order valence-corrected chi connectivity index (χ4v) is 6.11. The molecule has 0 amide bonds. The van der Waals surface area contributed by atoms with Crippen LogP contribution in [0.5, 0.6) is 0 Å². The summed E-state index contributed by atoms with van der Waals surface area (Å²) in [7, 11) is -3.50. The third kappa shape index (κ3) is 4.75. The van der Waals surface area contributed by atoms with Crippen molar-refractivity contribution in [2.45, 2.75) is 31.1 Å². The highest BCUT2D eigenvalue weighted by Gasteiger charge is 2.31. The van der Waals surface area contributed by atoms with Crippen molar-refractivity contribution >= 4 is 32.8 Å². The molecule has 11 heteroatoms. The largest absolute Gasteiger partial charge is 0.308 e. The van der Waals surface area contributed by atoms with Crippen molar-refractivity contribution in [3.63, 3.8) is 0 Å². The molecule has 1 aliphatic rings. The molecule has 176 valence electrons. The molecule has 2 aromatic heterocycles. The van der Waals surface area contributed by atoms with Gasteiger partial charge in [-0.05, 0) is 36.1 Å². The molecule has 1 atom stereocenters. The highest BCUT2D eigenvalue weighted by atomic mass is 35.5. The van der Waals surface area contributed by atoms with Crippen LogP contribution in [0.1, 0.15) is 35.7 Å². The third-order valence-electron chi connectivity index (χ3n) is 5.97. The van der Waals surface area contributed by atoms with E-state index in [1.165, 1.54) is 4.31 Å². The molecule has 2 aromatic carbocycles. The summed E-state index contributed by atoms with van der Waals surface area (Å²) in [4.78, 5) is 20.2. The highest BCUT2D eigenvalue weighted by molar-refractivity contribution is 7.88. The van der Waals surface area contributed by atoms with Gasteiger partial charge in [-0.15, -0.1) is 5.10 Å². The van der Waals surface area contributed by atoms with Crippen molar-refractivity contribution < 1.29 is 8.42 Å². The van der Waals surface area contributed by atoms with Crippen molar-refractivity contribution in [1.82, 2.24) is 29.3 Å². The maximum atomic E-state index is 13.1. The zero-order chi connectivity index (χ0) is 23.7. The van der Waals surface area contributed by atoms with Gasteiger partial charge in [-0.3, -0.25) is 4.79 Å². The van der Waals surface area contributed by atoms with Gasteiger partial charge in [-0.2, -0.15) is 0 Å². The monoisotopic (exact) mass is 498 g/mol. The molecule has 0 radical (unpaired) electrons. The molecule has 0 saturated carbocycles. The Hall–Kier alpha value is -3.08. The molecule has 1 aliphatic heterocycles. The van der Waals surface area contributed by atoms with E-state index >= 15 is 0 Å². The van der Waals surface area contributed by atoms with E-state index in [-0.39, 0.29) is 29.3 Å². The van der Waals surface area contributed by atoms with E-state index < -0.39 is 10.0 Å². The topological polar surface area (TPSA) is 114 Å². The number of piperidine rings is 1.